The average Bonchev–Trinajstić information content (AvgIpc) is 2.45. The minimum atomic E-state index is -1.04. The highest BCUT2D eigenvalue weighted by atomic mass is 16.5. The van der Waals surface area contributed by atoms with Gasteiger partial charge in [-0.25, -0.2) is 0 Å². The second kappa shape index (κ2) is 8.87. The van der Waals surface area contributed by atoms with Crippen LogP contribution in [0, 0.1) is 0 Å². The number of ether oxygens (including phenoxy) is 1. The molecular formula is C15H19NO4. The summed E-state index contributed by atoms with van der Waals surface area (Å²) < 4.78 is 5.19. The van der Waals surface area contributed by atoms with Crippen molar-refractivity contribution in [2.24, 2.45) is 0 Å². The summed E-state index contributed by atoms with van der Waals surface area (Å²) in [4.78, 5) is 24.2. The molecule has 0 heterocycles. The number of anilines is 1. The number of carboxylic acids is 1. The zero-order valence-electron chi connectivity index (χ0n) is 11.3. The number of carboxylic acid groups (broad SMARTS) is 1. The molecule has 1 aromatic carbocycles. The first-order valence-electron chi connectivity index (χ1n) is 6.41. The summed E-state index contributed by atoms with van der Waals surface area (Å²) in [6.45, 7) is 4.09. The van der Waals surface area contributed by atoms with Crippen LogP contribution in [0.25, 0.3) is 0 Å². The molecule has 0 radical (unpaired) electrons. The molecule has 0 saturated carbocycles. The number of carbonyl (C=O) groups excluding carboxylic acids is 1. The van der Waals surface area contributed by atoms with Gasteiger partial charge in [0.15, 0.2) is 0 Å². The van der Waals surface area contributed by atoms with E-state index in [4.69, 9.17) is 9.84 Å². The molecule has 0 aliphatic carbocycles. The van der Waals surface area contributed by atoms with Gasteiger partial charge in [0, 0.05) is 18.7 Å². The van der Waals surface area contributed by atoms with Gasteiger partial charge in [0.1, 0.15) is 6.54 Å². The Morgan fingerprint density at radius 1 is 1.30 bits per heavy atom. The van der Waals surface area contributed by atoms with Gasteiger partial charge < -0.3 is 14.7 Å². The molecule has 0 aromatic heterocycles. The third kappa shape index (κ3) is 5.67. The Labute approximate surface area is 118 Å². The lowest BCUT2D eigenvalue weighted by Gasteiger charge is -2.20. The smallest absolute Gasteiger partial charge is 0.323 e. The first-order chi connectivity index (χ1) is 9.65. The second-order valence-electron chi connectivity index (χ2n) is 4.18. The molecule has 0 saturated heterocycles. The van der Waals surface area contributed by atoms with Crippen molar-refractivity contribution in [3.8, 4) is 0 Å². The molecule has 5 nitrogen and oxygen atoms in total. The summed E-state index contributed by atoms with van der Waals surface area (Å²) in [6, 6.07) is 8.79. The van der Waals surface area contributed by atoms with E-state index in [1.807, 2.05) is 6.07 Å². The predicted octanol–water partition coefficient (Wildman–Crippen LogP) is 2.09. The van der Waals surface area contributed by atoms with Gasteiger partial charge in [-0.15, -0.1) is 6.58 Å². The number of amides is 1. The minimum Gasteiger partial charge on any atom is -0.480 e. The number of nitrogens with zero attached hydrogens (tertiary/aromatic N) is 1. The summed E-state index contributed by atoms with van der Waals surface area (Å²) in [6.07, 6.45) is 2.44. The zero-order chi connectivity index (χ0) is 14.8. The highest BCUT2D eigenvalue weighted by Crippen LogP contribution is 2.14. The number of carbonyl (C=O) groups is 2. The van der Waals surface area contributed by atoms with Crippen LogP contribution in [-0.4, -0.2) is 36.7 Å². The predicted molar refractivity (Wildman–Crippen MR) is 76.7 cm³/mol. The van der Waals surface area contributed by atoms with E-state index < -0.39 is 5.97 Å². The summed E-state index contributed by atoms with van der Waals surface area (Å²) in [5.41, 5.74) is 0.590. The summed E-state index contributed by atoms with van der Waals surface area (Å²) in [5.74, 6) is -1.26. The van der Waals surface area contributed by atoms with Crippen molar-refractivity contribution in [2.75, 3.05) is 24.7 Å². The van der Waals surface area contributed by atoms with Crippen molar-refractivity contribution in [1.82, 2.24) is 0 Å². The summed E-state index contributed by atoms with van der Waals surface area (Å²) >= 11 is 0. The van der Waals surface area contributed by atoms with E-state index in [0.29, 0.717) is 25.3 Å². The van der Waals surface area contributed by atoms with Gasteiger partial charge in [0.05, 0.1) is 6.61 Å². The molecule has 0 atom stereocenters. The fourth-order valence-corrected chi connectivity index (χ4v) is 1.69. The van der Waals surface area contributed by atoms with Crippen LogP contribution >= 0.6 is 0 Å². The van der Waals surface area contributed by atoms with Crippen LogP contribution in [0.2, 0.25) is 0 Å². The van der Waals surface area contributed by atoms with E-state index in [1.54, 1.807) is 30.3 Å². The van der Waals surface area contributed by atoms with Crippen LogP contribution in [0.3, 0.4) is 0 Å². The SMILES string of the molecule is C=CCOCCCC(=O)N(CC(=O)O)c1ccccc1. The van der Waals surface area contributed by atoms with Gasteiger partial charge in [0.2, 0.25) is 5.91 Å². The summed E-state index contributed by atoms with van der Waals surface area (Å²) in [7, 11) is 0. The molecule has 1 amide bonds. The van der Waals surface area contributed by atoms with E-state index in [0.717, 1.165) is 0 Å². The fourth-order valence-electron chi connectivity index (χ4n) is 1.69. The monoisotopic (exact) mass is 277 g/mol. The Hall–Kier alpha value is -2.14. The molecule has 0 aliphatic heterocycles. The molecule has 1 aromatic rings. The maximum absolute atomic E-state index is 12.1. The number of hydrogen-bond donors (Lipinski definition) is 1. The van der Waals surface area contributed by atoms with E-state index in [1.165, 1.54) is 4.90 Å². The number of hydrogen-bond acceptors (Lipinski definition) is 3. The van der Waals surface area contributed by atoms with Gasteiger partial charge in [0.25, 0.3) is 0 Å². The normalized spacial score (nSPS) is 10.0. The molecule has 0 fully saturated rings. The van der Waals surface area contributed by atoms with Crippen molar-refractivity contribution in [2.45, 2.75) is 12.8 Å². The molecule has 1 N–H and O–H groups in total. The van der Waals surface area contributed by atoms with Crippen molar-refractivity contribution >= 4 is 17.6 Å². The molecular weight excluding hydrogens is 258 g/mol. The highest BCUT2D eigenvalue weighted by Gasteiger charge is 2.17. The lowest BCUT2D eigenvalue weighted by Crippen LogP contribution is -2.35. The number of aliphatic carboxylic acids is 1. The Balaban J connectivity index is 2.57. The van der Waals surface area contributed by atoms with Crippen LogP contribution in [0.15, 0.2) is 43.0 Å². The van der Waals surface area contributed by atoms with Crippen molar-refractivity contribution in [3.05, 3.63) is 43.0 Å². The van der Waals surface area contributed by atoms with E-state index >= 15 is 0 Å². The maximum Gasteiger partial charge on any atom is 0.323 e. The summed E-state index contributed by atoms with van der Waals surface area (Å²) in [5, 5.41) is 8.91. The fraction of sp³-hybridized carbons (Fsp3) is 0.333. The average molecular weight is 277 g/mol. The van der Waals surface area contributed by atoms with Gasteiger partial charge in [-0.05, 0) is 18.6 Å². The quantitative estimate of drug-likeness (QED) is 0.554. The first kappa shape index (κ1) is 15.9. The molecule has 0 unspecified atom stereocenters. The maximum atomic E-state index is 12.1. The molecule has 0 spiro atoms. The molecule has 5 heteroatoms. The van der Waals surface area contributed by atoms with Gasteiger partial charge in [-0.3, -0.25) is 9.59 Å². The van der Waals surface area contributed by atoms with Gasteiger partial charge >= 0.3 is 5.97 Å². The number of para-hydroxylation sites is 1. The lowest BCUT2D eigenvalue weighted by molar-refractivity contribution is -0.136. The van der Waals surface area contributed by atoms with Crippen LogP contribution < -0.4 is 4.90 Å². The molecule has 0 aliphatic rings. The zero-order valence-corrected chi connectivity index (χ0v) is 11.3. The molecule has 20 heavy (non-hydrogen) atoms. The van der Waals surface area contributed by atoms with Gasteiger partial charge in [-0.1, -0.05) is 24.3 Å². The van der Waals surface area contributed by atoms with Gasteiger partial charge in [-0.2, -0.15) is 0 Å². The minimum absolute atomic E-state index is 0.221. The Morgan fingerprint density at radius 3 is 2.60 bits per heavy atom. The molecule has 108 valence electrons. The number of rotatable bonds is 9. The van der Waals surface area contributed by atoms with Crippen molar-refractivity contribution < 1.29 is 19.4 Å². The largest absolute Gasteiger partial charge is 0.480 e. The first-order valence-corrected chi connectivity index (χ1v) is 6.41. The standard InChI is InChI=1S/C15H19NO4/c1-2-10-20-11-6-9-14(17)16(12-15(18)19)13-7-4-3-5-8-13/h2-5,7-8H,1,6,9-12H2,(H,18,19). The Kier molecular flexibility index (Phi) is 7.06. The highest BCUT2D eigenvalue weighted by molar-refractivity contribution is 5.97. The van der Waals surface area contributed by atoms with Crippen molar-refractivity contribution in [3.63, 3.8) is 0 Å². The molecule has 1 rings (SSSR count). The van der Waals surface area contributed by atoms with Crippen LogP contribution in [0.5, 0.6) is 0 Å². The third-order valence-electron chi connectivity index (χ3n) is 2.58. The lowest BCUT2D eigenvalue weighted by atomic mass is 10.2. The van der Waals surface area contributed by atoms with Crippen LogP contribution in [0.1, 0.15) is 12.8 Å². The third-order valence-corrected chi connectivity index (χ3v) is 2.58. The Bertz CT molecular complexity index is 444. The van der Waals surface area contributed by atoms with E-state index in [2.05, 4.69) is 6.58 Å². The Morgan fingerprint density at radius 2 is 2.00 bits per heavy atom. The van der Waals surface area contributed by atoms with Crippen molar-refractivity contribution in [1.29, 1.82) is 0 Å². The van der Waals surface area contributed by atoms with E-state index in [9.17, 15) is 9.59 Å². The second-order valence-corrected chi connectivity index (χ2v) is 4.18. The van der Waals surface area contributed by atoms with E-state index in [-0.39, 0.29) is 18.9 Å². The van der Waals surface area contributed by atoms with Crippen LogP contribution in [0.4, 0.5) is 5.69 Å². The number of benzene rings is 1. The molecule has 0 bridgehead atoms. The topological polar surface area (TPSA) is 66.8 Å². The van der Waals surface area contributed by atoms with Crippen LogP contribution in [-0.2, 0) is 14.3 Å².